The van der Waals surface area contributed by atoms with E-state index in [1.807, 2.05) is 32.9 Å². The van der Waals surface area contributed by atoms with E-state index in [-0.39, 0.29) is 13.0 Å². The first-order valence-electron chi connectivity index (χ1n) is 6.46. The fourth-order valence-electron chi connectivity index (χ4n) is 2.01. The van der Waals surface area contributed by atoms with Crippen LogP contribution in [-0.4, -0.2) is 28.9 Å². The molecule has 1 aromatic carbocycles. The van der Waals surface area contributed by atoms with Crippen LogP contribution >= 0.6 is 0 Å². The maximum atomic E-state index is 11.3. The van der Waals surface area contributed by atoms with Crippen LogP contribution in [0, 0.1) is 20.8 Å². The molecule has 2 atom stereocenters. The van der Waals surface area contributed by atoms with Crippen LogP contribution in [0.4, 0.5) is 0 Å². The van der Waals surface area contributed by atoms with Gasteiger partial charge in [0, 0.05) is 0 Å². The molecule has 0 radical (unpaired) electrons. The van der Waals surface area contributed by atoms with Crippen molar-refractivity contribution in [2.24, 2.45) is 0 Å². The zero-order valence-corrected chi connectivity index (χ0v) is 11.9. The van der Waals surface area contributed by atoms with E-state index >= 15 is 0 Å². The molecule has 1 rings (SSSR count). The van der Waals surface area contributed by atoms with Crippen LogP contribution in [0.15, 0.2) is 12.1 Å². The van der Waals surface area contributed by atoms with Gasteiger partial charge in [-0.2, -0.15) is 0 Å². The lowest BCUT2D eigenvalue weighted by Crippen LogP contribution is -2.23. The zero-order chi connectivity index (χ0) is 14.6. The highest BCUT2D eigenvalue weighted by Gasteiger charge is 2.23. The molecular formula is C15H22O4. The van der Waals surface area contributed by atoms with Gasteiger partial charge in [0.15, 0.2) is 0 Å². The first-order valence-corrected chi connectivity index (χ1v) is 6.46. The molecule has 0 saturated carbocycles. The molecule has 0 aliphatic carbocycles. The zero-order valence-electron chi connectivity index (χ0n) is 11.9. The second-order valence-electron chi connectivity index (χ2n) is 4.81. The van der Waals surface area contributed by atoms with Crippen molar-refractivity contribution in [3.05, 3.63) is 34.4 Å². The number of ether oxygens (including phenoxy) is 1. The Bertz CT molecular complexity index is 454. The fraction of sp³-hybridized carbons (Fsp3) is 0.533. The van der Waals surface area contributed by atoms with Crippen molar-refractivity contribution in [2.45, 2.75) is 46.3 Å². The molecule has 0 spiro atoms. The predicted octanol–water partition coefficient (Wildman–Crippen LogP) is 1.96. The molecule has 0 aliphatic heterocycles. The van der Waals surface area contributed by atoms with Gasteiger partial charge in [0.1, 0.15) is 6.10 Å². The Hall–Kier alpha value is -1.39. The summed E-state index contributed by atoms with van der Waals surface area (Å²) in [7, 11) is 0. The number of hydrogen-bond donors (Lipinski definition) is 2. The van der Waals surface area contributed by atoms with Gasteiger partial charge in [-0.15, -0.1) is 0 Å². The fourth-order valence-corrected chi connectivity index (χ4v) is 2.01. The molecular weight excluding hydrogens is 244 g/mol. The number of hydrogen-bond acceptors (Lipinski definition) is 4. The van der Waals surface area contributed by atoms with Crippen molar-refractivity contribution in [2.75, 3.05) is 6.61 Å². The van der Waals surface area contributed by atoms with Crippen molar-refractivity contribution in [3.8, 4) is 0 Å². The van der Waals surface area contributed by atoms with Gasteiger partial charge in [-0.05, 0) is 49.9 Å². The molecule has 4 nitrogen and oxygen atoms in total. The minimum atomic E-state index is -1.15. The summed E-state index contributed by atoms with van der Waals surface area (Å²) in [6, 6.07) is 3.81. The highest BCUT2D eigenvalue weighted by atomic mass is 16.5. The van der Waals surface area contributed by atoms with Gasteiger partial charge < -0.3 is 14.9 Å². The summed E-state index contributed by atoms with van der Waals surface area (Å²) in [6.45, 7) is 7.79. The van der Waals surface area contributed by atoms with E-state index in [1.165, 1.54) is 0 Å². The van der Waals surface area contributed by atoms with Crippen LogP contribution < -0.4 is 0 Å². The van der Waals surface area contributed by atoms with E-state index < -0.39 is 18.2 Å². The van der Waals surface area contributed by atoms with Crippen molar-refractivity contribution < 1.29 is 19.7 Å². The van der Waals surface area contributed by atoms with Gasteiger partial charge >= 0.3 is 5.97 Å². The number of esters is 1. The quantitative estimate of drug-likeness (QED) is 0.799. The Labute approximate surface area is 114 Å². The average Bonchev–Trinajstić information content (AvgIpc) is 2.33. The normalized spacial score (nSPS) is 14.0. The lowest BCUT2D eigenvalue weighted by atomic mass is 9.94. The van der Waals surface area contributed by atoms with Gasteiger partial charge in [-0.25, -0.2) is 0 Å². The van der Waals surface area contributed by atoms with E-state index in [9.17, 15) is 15.0 Å². The molecule has 0 aromatic heterocycles. The molecule has 0 heterocycles. The molecule has 4 heteroatoms. The number of carbonyl (C=O) groups excluding carboxylic acids is 1. The molecule has 1 aromatic rings. The third-order valence-electron chi connectivity index (χ3n) is 3.25. The van der Waals surface area contributed by atoms with Crippen LogP contribution in [0.1, 0.15) is 41.7 Å². The van der Waals surface area contributed by atoms with E-state index in [0.29, 0.717) is 5.56 Å². The van der Waals surface area contributed by atoms with Crippen LogP contribution in [0.5, 0.6) is 0 Å². The average molecular weight is 266 g/mol. The number of aryl methyl sites for hydroxylation is 3. The van der Waals surface area contributed by atoms with Crippen molar-refractivity contribution in [3.63, 3.8) is 0 Å². The van der Waals surface area contributed by atoms with Gasteiger partial charge in [0.25, 0.3) is 0 Å². The number of carbonyl (C=O) groups is 1. The SMILES string of the molecule is CCOC(=O)CC(O)C(O)c1cc(C)c(C)cc1C. The Balaban J connectivity index is 2.85. The first-order chi connectivity index (χ1) is 8.86. The number of benzene rings is 1. The Morgan fingerprint density at radius 3 is 2.32 bits per heavy atom. The van der Waals surface area contributed by atoms with Crippen molar-refractivity contribution in [1.82, 2.24) is 0 Å². The lowest BCUT2D eigenvalue weighted by molar-refractivity contribution is -0.147. The van der Waals surface area contributed by atoms with Crippen molar-refractivity contribution >= 4 is 5.97 Å². The molecule has 0 aliphatic rings. The number of aliphatic hydroxyl groups is 2. The van der Waals surface area contributed by atoms with Crippen LogP contribution in [0.2, 0.25) is 0 Å². The minimum Gasteiger partial charge on any atom is -0.466 e. The maximum absolute atomic E-state index is 11.3. The summed E-state index contributed by atoms with van der Waals surface area (Å²) in [5.74, 6) is -0.504. The minimum absolute atomic E-state index is 0.207. The molecule has 0 saturated heterocycles. The molecule has 0 fully saturated rings. The standard InChI is InChI=1S/C15H22O4/c1-5-19-14(17)8-13(16)15(18)12-7-10(3)9(2)6-11(12)4/h6-7,13,15-16,18H,5,8H2,1-4H3. The topological polar surface area (TPSA) is 66.8 Å². The maximum Gasteiger partial charge on any atom is 0.308 e. The largest absolute Gasteiger partial charge is 0.466 e. The smallest absolute Gasteiger partial charge is 0.308 e. The Morgan fingerprint density at radius 1 is 1.16 bits per heavy atom. The van der Waals surface area contributed by atoms with E-state index in [1.54, 1.807) is 6.92 Å². The summed E-state index contributed by atoms with van der Waals surface area (Å²) in [5, 5.41) is 20.0. The third kappa shape index (κ3) is 4.04. The van der Waals surface area contributed by atoms with E-state index in [0.717, 1.165) is 16.7 Å². The molecule has 106 valence electrons. The summed E-state index contributed by atoms with van der Waals surface area (Å²) < 4.78 is 4.76. The van der Waals surface area contributed by atoms with Crippen LogP contribution in [0.3, 0.4) is 0 Å². The van der Waals surface area contributed by atoms with E-state index in [4.69, 9.17) is 4.74 Å². The van der Waals surface area contributed by atoms with Gasteiger partial charge in [0.2, 0.25) is 0 Å². The van der Waals surface area contributed by atoms with Gasteiger partial charge in [-0.3, -0.25) is 4.79 Å². The summed E-state index contributed by atoms with van der Waals surface area (Å²) in [5.41, 5.74) is 3.73. The number of aliphatic hydroxyl groups excluding tert-OH is 2. The Morgan fingerprint density at radius 2 is 1.74 bits per heavy atom. The van der Waals surface area contributed by atoms with Gasteiger partial charge in [-0.1, -0.05) is 12.1 Å². The summed E-state index contributed by atoms with van der Waals surface area (Å²) in [4.78, 5) is 11.3. The van der Waals surface area contributed by atoms with E-state index in [2.05, 4.69) is 0 Å². The van der Waals surface area contributed by atoms with Crippen LogP contribution in [0.25, 0.3) is 0 Å². The highest BCUT2D eigenvalue weighted by molar-refractivity contribution is 5.70. The van der Waals surface area contributed by atoms with Gasteiger partial charge in [0.05, 0.1) is 19.1 Å². The molecule has 0 bridgehead atoms. The Kier molecular flexibility index (Phi) is 5.51. The lowest BCUT2D eigenvalue weighted by Gasteiger charge is -2.20. The summed E-state index contributed by atoms with van der Waals surface area (Å²) in [6.07, 6.45) is -2.44. The number of rotatable bonds is 5. The molecule has 2 unspecified atom stereocenters. The monoisotopic (exact) mass is 266 g/mol. The second kappa shape index (κ2) is 6.68. The predicted molar refractivity (Wildman–Crippen MR) is 72.9 cm³/mol. The first kappa shape index (κ1) is 15.7. The molecule has 19 heavy (non-hydrogen) atoms. The highest BCUT2D eigenvalue weighted by Crippen LogP contribution is 2.25. The van der Waals surface area contributed by atoms with Crippen LogP contribution in [-0.2, 0) is 9.53 Å². The molecule has 0 amide bonds. The molecule has 2 N–H and O–H groups in total. The third-order valence-corrected chi connectivity index (χ3v) is 3.25. The second-order valence-corrected chi connectivity index (χ2v) is 4.81. The van der Waals surface area contributed by atoms with Crippen molar-refractivity contribution in [1.29, 1.82) is 0 Å². The summed E-state index contributed by atoms with van der Waals surface area (Å²) >= 11 is 0.